The lowest BCUT2D eigenvalue weighted by atomic mass is 10.0. The van der Waals surface area contributed by atoms with Gasteiger partial charge in [-0.3, -0.25) is 0 Å². The number of hydrogen-bond donors (Lipinski definition) is 0. The van der Waals surface area contributed by atoms with Gasteiger partial charge in [-0.1, -0.05) is 164 Å². The van der Waals surface area contributed by atoms with Crippen molar-refractivity contribution in [3.8, 4) is 56.4 Å². The first kappa shape index (κ1) is 36.3. The van der Waals surface area contributed by atoms with Crippen LogP contribution in [-0.2, 0) is 0 Å². The summed E-state index contributed by atoms with van der Waals surface area (Å²) in [4.78, 5) is 20.0. The fourth-order valence-electron chi connectivity index (χ4n) is 8.84. The van der Waals surface area contributed by atoms with Gasteiger partial charge in [0.2, 0.25) is 0 Å². The SMILES string of the molecule is c1ccc(-c2ccc(-c3nc(-c4ccc(-c5ccccc5)cc4)nc(-c4ccc5c(c4)oc4cccc(N6c7ccccc7N(c7ccccc7)c7ccccc76)c45)n3)cc2)cc1. The van der Waals surface area contributed by atoms with E-state index < -0.39 is 0 Å². The summed E-state index contributed by atoms with van der Waals surface area (Å²) in [5, 5.41) is 2.04. The van der Waals surface area contributed by atoms with E-state index in [1.54, 1.807) is 0 Å². The molecule has 1 aliphatic heterocycles. The fraction of sp³-hybridized carbons (Fsp3) is 0. The van der Waals surface area contributed by atoms with Crippen molar-refractivity contribution in [3.63, 3.8) is 0 Å². The Bertz CT molecular complexity index is 3290. The van der Waals surface area contributed by atoms with Crippen molar-refractivity contribution in [2.45, 2.75) is 0 Å². The van der Waals surface area contributed by atoms with E-state index in [9.17, 15) is 0 Å². The number of para-hydroxylation sites is 5. The maximum atomic E-state index is 6.74. The molecule has 0 radical (unpaired) electrons. The van der Waals surface area contributed by atoms with Gasteiger partial charge in [0.05, 0.1) is 33.8 Å². The first-order valence-corrected chi connectivity index (χ1v) is 21.1. The first-order valence-electron chi connectivity index (χ1n) is 21.1. The van der Waals surface area contributed by atoms with Crippen molar-refractivity contribution >= 4 is 56.1 Å². The third kappa shape index (κ3) is 6.40. The molecule has 6 heteroatoms. The Balaban J connectivity index is 0.981. The molecule has 0 unspecified atom stereocenters. The minimum absolute atomic E-state index is 0.566. The average Bonchev–Trinajstić information content (AvgIpc) is 3.75. The summed E-state index contributed by atoms with van der Waals surface area (Å²) >= 11 is 0. The number of hydrogen-bond acceptors (Lipinski definition) is 6. The molecule has 9 aromatic carbocycles. The van der Waals surface area contributed by atoms with E-state index >= 15 is 0 Å². The van der Waals surface area contributed by atoms with Crippen LogP contribution in [0.4, 0.5) is 34.1 Å². The highest BCUT2D eigenvalue weighted by atomic mass is 16.3. The van der Waals surface area contributed by atoms with Gasteiger partial charge in [-0.05, 0) is 82.9 Å². The van der Waals surface area contributed by atoms with E-state index in [4.69, 9.17) is 19.4 Å². The number of nitrogens with zero attached hydrogens (tertiary/aromatic N) is 5. The highest BCUT2D eigenvalue weighted by Gasteiger charge is 2.31. The Hall–Kier alpha value is -8.61. The van der Waals surface area contributed by atoms with Gasteiger partial charge in [0.15, 0.2) is 17.5 Å². The Labute approximate surface area is 364 Å². The summed E-state index contributed by atoms with van der Waals surface area (Å²) in [6.45, 7) is 0. The Kier molecular flexibility index (Phi) is 8.71. The van der Waals surface area contributed by atoms with E-state index in [1.807, 2.05) is 18.2 Å². The first-order chi connectivity index (χ1) is 31.2. The van der Waals surface area contributed by atoms with E-state index in [0.29, 0.717) is 17.5 Å². The van der Waals surface area contributed by atoms with Crippen LogP contribution in [0, 0.1) is 0 Å². The quantitative estimate of drug-likeness (QED) is 0.160. The van der Waals surface area contributed by atoms with Gasteiger partial charge in [-0.15, -0.1) is 0 Å². The van der Waals surface area contributed by atoms with Crippen molar-refractivity contribution in [3.05, 3.63) is 224 Å². The Morgan fingerprint density at radius 1 is 0.286 bits per heavy atom. The van der Waals surface area contributed by atoms with E-state index in [1.165, 1.54) is 0 Å². The average molecular weight is 808 g/mol. The molecule has 0 bridgehead atoms. The summed E-state index contributed by atoms with van der Waals surface area (Å²) < 4.78 is 6.74. The number of furan rings is 1. The number of fused-ring (bicyclic) bond motifs is 5. The molecular formula is C57H37N5O. The second-order valence-corrected chi connectivity index (χ2v) is 15.6. The number of benzene rings is 9. The van der Waals surface area contributed by atoms with Gasteiger partial charge >= 0.3 is 0 Å². The van der Waals surface area contributed by atoms with Gasteiger partial charge in [-0.25, -0.2) is 15.0 Å². The molecule has 3 heterocycles. The molecule has 0 atom stereocenters. The summed E-state index contributed by atoms with van der Waals surface area (Å²) in [6.07, 6.45) is 0. The van der Waals surface area contributed by atoms with E-state index in [-0.39, 0.29) is 0 Å². The maximum absolute atomic E-state index is 6.74. The molecule has 0 aliphatic carbocycles. The van der Waals surface area contributed by atoms with E-state index in [2.05, 4.69) is 216 Å². The predicted molar refractivity (Wildman–Crippen MR) is 257 cm³/mol. The monoisotopic (exact) mass is 807 g/mol. The molecule has 0 N–H and O–H groups in total. The zero-order valence-electron chi connectivity index (χ0n) is 34.0. The number of aromatic nitrogens is 3. The van der Waals surface area contributed by atoms with Crippen molar-refractivity contribution in [2.24, 2.45) is 0 Å². The predicted octanol–water partition coefficient (Wildman–Crippen LogP) is 15.4. The fourth-order valence-corrected chi connectivity index (χ4v) is 8.84. The molecule has 12 rings (SSSR count). The molecule has 0 saturated carbocycles. The molecular weight excluding hydrogens is 771 g/mol. The zero-order valence-corrected chi connectivity index (χ0v) is 34.0. The van der Waals surface area contributed by atoms with E-state index in [0.717, 1.165) is 95.0 Å². The van der Waals surface area contributed by atoms with Gasteiger partial charge in [0, 0.05) is 27.8 Å². The second-order valence-electron chi connectivity index (χ2n) is 15.6. The topological polar surface area (TPSA) is 58.3 Å². The molecule has 296 valence electrons. The number of rotatable bonds is 7. The molecule has 11 aromatic rings. The maximum Gasteiger partial charge on any atom is 0.164 e. The van der Waals surface area contributed by atoms with Crippen LogP contribution in [0.5, 0.6) is 0 Å². The Morgan fingerprint density at radius 3 is 1.21 bits per heavy atom. The molecule has 2 aromatic heterocycles. The van der Waals surface area contributed by atoms with Gasteiger partial charge in [0.1, 0.15) is 11.2 Å². The summed E-state index contributed by atoms with van der Waals surface area (Å²) in [5.74, 6) is 1.76. The molecule has 0 spiro atoms. The second kappa shape index (κ2) is 15.1. The van der Waals surface area contributed by atoms with Crippen LogP contribution in [0.3, 0.4) is 0 Å². The smallest absolute Gasteiger partial charge is 0.164 e. The highest BCUT2D eigenvalue weighted by molar-refractivity contribution is 6.16. The van der Waals surface area contributed by atoms with Crippen LogP contribution in [0.25, 0.3) is 78.4 Å². The minimum Gasteiger partial charge on any atom is -0.456 e. The van der Waals surface area contributed by atoms with Crippen LogP contribution in [0.1, 0.15) is 0 Å². The van der Waals surface area contributed by atoms with Crippen LogP contribution >= 0.6 is 0 Å². The minimum atomic E-state index is 0.566. The van der Waals surface area contributed by atoms with Crippen LogP contribution in [-0.4, -0.2) is 15.0 Å². The highest BCUT2D eigenvalue weighted by Crippen LogP contribution is 2.55. The molecule has 6 nitrogen and oxygen atoms in total. The summed E-state index contributed by atoms with van der Waals surface area (Å²) in [5.41, 5.74) is 15.3. The summed E-state index contributed by atoms with van der Waals surface area (Å²) in [6, 6.07) is 78.0. The third-order valence-electron chi connectivity index (χ3n) is 11.9. The van der Waals surface area contributed by atoms with Gasteiger partial charge in [-0.2, -0.15) is 0 Å². The third-order valence-corrected chi connectivity index (χ3v) is 11.9. The van der Waals surface area contributed by atoms with Crippen molar-refractivity contribution < 1.29 is 4.42 Å². The van der Waals surface area contributed by atoms with Gasteiger partial charge in [0.25, 0.3) is 0 Å². The molecule has 0 saturated heterocycles. The molecule has 0 amide bonds. The lowest BCUT2D eigenvalue weighted by molar-refractivity contribution is 0.669. The lowest BCUT2D eigenvalue weighted by Crippen LogP contribution is -2.23. The lowest BCUT2D eigenvalue weighted by Gasteiger charge is -2.40. The molecule has 63 heavy (non-hydrogen) atoms. The zero-order chi connectivity index (χ0) is 41.7. The normalized spacial score (nSPS) is 12.1. The van der Waals surface area contributed by atoms with Crippen molar-refractivity contribution in [1.29, 1.82) is 0 Å². The van der Waals surface area contributed by atoms with Crippen LogP contribution in [0.2, 0.25) is 0 Å². The molecule has 0 fully saturated rings. The standard InChI is InChI=1S/C57H37N5O/c1-4-15-38(16-5-1)40-27-31-42(32-28-40)55-58-56(43-33-29-41(30-34-43)39-17-6-2-7-18-39)60-57(59-55)44-35-36-46-53(37-44)63-52-26-14-25-51(54(46)52)62-49-23-12-10-21-47(49)61(45-19-8-3-9-20-45)48-22-11-13-24-50(48)62/h1-37H. The summed E-state index contributed by atoms with van der Waals surface area (Å²) in [7, 11) is 0. The van der Waals surface area contributed by atoms with Crippen molar-refractivity contribution in [1.82, 2.24) is 15.0 Å². The largest absolute Gasteiger partial charge is 0.456 e. The van der Waals surface area contributed by atoms with Crippen LogP contribution < -0.4 is 9.80 Å². The Morgan fingerprint density at radius 2 is 0.683 bits per heavy atom. The number of anilines is 6. The van der Waals surface area contributed by atoms with Crippen LogP contribution in [0.15, 0.2) is 229 Å². The van der Waals surface area contributed by atoms with Gasteiger partial charge < -0.3 is 14.2 Å². The molecule has 1 aliphatic rings. The van der Waals surface area contributed by atoms with Crippen molar-refractivity contribution in [2.75, 3.05) is 9.80 Å².